The summed E-state index contributed by atoms with van der Waals surface area (Å²) in [5, 5.41) is 10.8. The van der Waals surface area contributed by atoms with Gasteiger partial charge in [-0.05, 0) is 36.0 Å². The van der Waals surface area contributed by atoms with E-state index in [-0.39, 0.29) is 11.5 Å². The number of aliphatic hydroxyl groups is 1. The summed E-state index contributed by atoms with van der Waals surface area (Å²) >= 11 is 0. The summed E-state index contributed by atoms with van der Waals surface area (Å²) in [6.07, 6.45) is 5.57. The molecule has 0 heterocycles. The van der Waals surface area contributed by atoms with Crippen LogP contribution in [-0.4, -0.2) is 5.11 Å². The van der Waals surface area contributed by atoms with Crippen molar-refractivity contribution in [3.8, 4) is 11.1 Å². The van der Waals surface area contributed by atoms with E-state index in [0.717, 1.165) is 24.8 Å². The lowest BCUT2D eigenvalue weighted by Gasteiger charge is -2.33. The molecule has 0 aliphatic heterocycles. The number of hydrogen-bond donors (Lipinski definition) is 1. The summed E-state index contributed by atoms with van der Waals surface area (Å²) in [5.41, 5.74) is 3.61. The molecule has 0 saturated heterocycles. The van der Waals surface area contributed by atoms with Gasteiger partial charge in [-0.3, -0.25) is 0 Å². The van der Waals surface area contributed by atoms with Gasteiger partial charge < -0.3 is 5.11 Å². The second kappa shape index (κ2) is 6.03. The molecule has 1 N–H and O–H groups in total. The molecule has 1 heteroatoms. The van der Waals surface area contributed by atoms with Gasteiger partial charge in [0.2, 0.25) is 0 Å². The van der Waals surface area contributed by atoms with E-state index in [9.17, 15) is 5.11 Å². The monoisotopic (exact) mass is 280 g/mol. The van der Waals surface area contributed by atoms with Crippen LogP contribution in [0.25, 0.3) is 11.1 Å². The third kappa shape index (κ3) is 2.75. The molecule has 0 radical (unpaired) electrons. The van der Waals surface area contributed by atoms with Crippen molar-refractivity contribution >= 4 is 0 Å². The molecule has 0 bridgehead atoms. The van der Waals surface area contributed by atoms with Crippen molar-refractivity contribution in [2.75, 3.05) is 0 Å². The highest BCUT2D eigenvalue weighted by molar-refractivity contribution is 5.63. The van der Waals surface area contributed by atoms with E-state index < -0.39 is 0 Å². The Kier molecular flexibility index (Phi) is 4.12. The molecule has 110 valence electrons. The predicted octanol–water partition coefficient (Wildman–Crippen LogP) is 5.36. The Balaban J connectivity index is 1.84. The zero-order valence-corrected chi connectivity index (χ0v) is 12.8. The third-order valence-corrected chi connectivity index (χ3v) is 5.22. The Hall–Kier alpha value is -1.60. The van der Waals surface area contributed by atoms with Crippen LogP contribution in [0.5, 0.6) is 0 Å². The van der Waals surface area contributed by atoms with Gasteiger partial charge in [-0.1, -0.05) is 74.4 Å². The molecule has 1 saturated carbocycles. The Labute approximate surface area is 127 Å². The van der Waals surface area contributed by atoms with Gasteiger partial charge in [-0.25, -0.2) is 0 Å². The number of rotatable bonds is 4. The topological polar surface area (TPSA) is 20.2 Å². The first-order chi connectivity index (χ1) is 10.2. The molecule has 0 amide bonds. The minimum atomic E-state index is -0.324. The van der Waals surface area contributed by atoms with Crippen LogP contribution in [0.2, 0.25) is 0 Å². The molecular weight excluding hydrogens is 256 g/mol. The highest BCUT2D eigenvalue weighted by Gasteiger charge is 2.39. The quantitative estimate of drug-likeness (QED) is 0.799. The van der Waals surface area contributed by atoms with Crippen molar-refractivity contribution in [2.24, 2.45) is 5.41 Å². The van der Waals surface area contributed by atoms with Crippen LogP contribution in [0.15, 0.2) is 54.6 Å². The van der Waals surface area contributed by atoms with Crippen LogP contribution in [-0.2, 0) is 0 Å². The number of hydrogen-bond acceptors (Lipinski definition) is 1. The third-order valence-electron chi connectivity index (χ3n) is 5.22. The molecule has 3 rings (SSSR count). The normalized spacial score (nSPS) is 18.6. The fraction of sp³-hybridized carbons (Fsp3) is 0.400. The van der Waals surface area contributed by atoms with E-state index in [1.54, 1.807) is 0 Å². The van der Waals surface area contributed by atoms with Gasteiger partial charge in [0.15, 0.2) is 0 Å². The molecule has 1 aliphatic rings. The fourth-order valence-electron chi connectivity index (χ4n) is 3.74. The lowest BCUT2D eigenvalue weighted by atomic mass is 9.75. The highest BCUT2D eigenvalue weighted by Crippen LogP contribution is 2.50. The largest absolute Gasteiger partial charge is 0.388 e. The zero-order valence-electron chi connectivity index (χ0n) is 12.8. The van der Waals surface area contributed by atoms with Crippen molar-refractivity contribution in [2.45, 2.75) is 45.1 Å². The lowest BCUT2D eigenvalue weighted by Crippen LogP contribution is -2.25. The first-order valence-corrected chi connectivity index (χ1v) is 8.09. The second-order valence-corrected chi connectivity index (χ2v) is 6.31. The molecule has 1 atom stereocenters. The van der Waals surface area contributed by atoms with E-state index in [2.05, 4.69) is 55.5 Å². The van der Waals surface area contributed by atoms with Crippen LogP contribution in [0.3, 0.4) is 0 Å². The van der Waals surface area contributed by atoms with Gasteiger partial charge >= 0.3 is 0 Å². The first kappa shape index (κ1) is 14.3. The van der Waals surface area contributed by atoms with Gasteiger partial charge in [0.1, 0.15) is 0 Å². The van der Waals surface area contributed by atoms with Gasteiger partial charge in [0, 0.05) is 5.41 Å². The maximum absolute atomic E-state index is 10.8. The first-order valence-electron chi connectivity index (χ1n) is 8.09. The van der Waals surface area contributed by atoms with Gasteiger partial charge in [0.05, 0.1) is 6.10 Å². The molecule has 1 unspecified atom stereocenters. The fourth-order valence-corrected chi connectivity index (χ4v) is 3.74. The highest BCUT2D eigenvalue weighted by atomic mass is 16.3. The standard InChI is InChI=1S/C20H24O/c1-2-20(14-6-7-15-20)19(21)18-12-10-17(11-13-18)16-8-4-3-5-9-16/h3-5,8-13,19,21H,2,6-7,14-15H2,1H3. The lowest BCUT2D eigenvalue weighted by molar-refractivity contribution is 0.0238. The van der Waals surface area contributed by atoms with Crippen LogP contribution in [0.1, 0.15) is 50.7 Å². The van der Waals surface area contributed by atoms with E-state index in [0.29, 0.717) is 0 Å². The molecule has 0 spiro atoms. The molecule has 1 fully saturated rings. The van der Waals surface area contributed by atoms with E-state index in [1.807, 2.05) is 6.07 Å². The van der Waals surface area contributed by atoms with Crippen molar-refractivity contribution in [1.82, 2.24) is 0 Å². The summed E-state index contributed by atoms with van der Waals surface area (Å²) < 4.78 is 0. The molecule has 2 aromatic rings. The van der Waals surface area contributed by atoms with E-state index in [4.69, 9.17) is 0 Å². The Morgan fingerprint density at radius 1 is 0.905 bits per heavy atom. The maximum Gasteiger partial charge on any atom is 0.0846 e. The van der Waals surface area contributed by atoms with Crippen LogP contribution in [0, 0.1) is 5.41 Å². The van der Waals surface area contributed by atoms with Gasteiger partial charge in [-0.2, -0.15) is 0 Å². The smallest absolute Gasteiger partial charge is 0.0846 e. The van der Waals surface area contributed by atoms with E-state index >= 15 is 0 Å². The summed E-state index contributed by atoms with van der Waals surface area (Å²) in [5.74, 6) is 0. The minimum Gasteiger partial charge on any atom is -0.388 e. The molecule has 1 aliphatic carbocycles. The van der Waals surface area contributed by atoms with Crippen molar-refractivity contribution in [3.05, 3.63) is 60.2 Å². The maximum atomic E-state index is 10.8. The predicted molar refractivity (Wildman–Crippen MR) is 88.0 cm³/mol. The van der Waals surface area contributed by atoms with Crippen LogP contribution in [0.4, 0.5) is 0 Å². The molecule has 2 aromatic carbocycles. The summed E-state index contributed by atoms with van der Waals surface area (Å²) in [7, 11) is 0. The second-order valence-electron chi connectivity index (χ2n) is 6.31. The Bertz CT molecular complexity index is 565. The van der Waals surface area contributed by atoms with E-state index in [1.165, 1.54) is 24.0 Å². The van der Waals surface area contributed by atoms with Crippen molar-refractivity contribution in [3.63, 3.8) is 0 Å². The zero-order chi connectivity index (χ0) is 14.7. The van der Waals surface area contributed by atoms with Gasteiger partial charge in [0.25, 0.3) is 0 Å². The van der Waals surface area contributed by atoms with Crippen LogP contribution < -0.4 is 0 Å². The number of benzene rings is 2. The molecular formula is C20H24O. The minimum absolute atomic E-state index is 0.105. The SMILES string of the molecule is CCC1(C(O)c2ccc(-c3ccccc3)cc2)CCCC1. The van der Waals surface area contributed by atoms with Crippen LogP contribution >= 0.6 is 0 Å². The van der Waals surface area contributed by atoms with Gasteiger partial charge in [-0.15, -0.1) is 0 Å². The van der Waals surface area contributed by atoms with Crippen molar-refractivity contribution in [1.29, 1.82) is 0 Å². The average molecular weight is 280 g/mol. The molecule has 0 aromatic heterocycles. The summed E-state index contributed by atoms with van der Waals surface area (Å²) in [6.45, 7) is 2.22. The summed E-state index contributed by atoms with van der Waals surface area (Å²) in [4.78, 5) is 0. The summed E-state index contributed by atoms with van der Waals surface area (Å²) in [6, 6.07) is 18.9. The average Bonchev–Trinajstić information content (AvgIpc) is 3.05. The molecule has 1 nitrogen and oxygen atoms in total. The Morgan fingerprint density at radius 2 is 1.48 bits per heavy atom. The molecule has 21 heavy (non-hydrogen) atoms. The van der Waals surface area contributed by atoms with Crippen molar-refractivity contribution < 1.29 is 5.11 Å². The Morgan fingerprint density at radius 3 is 2.05 bits per heavy atom. The number of aliphatic hydroxyl groups excluding tert-OH is 1.